The molecule has 2 bridgehead atoms. The molecule has 120 valence electrons. The number of hydrogen-bond donors (Lipinski definition) is 0. The van der Waals surface area contributed by atoms with E-state index in [1.807, 2.05) is 30.3 Å². The molecule has 1 fully saturated rings. The molecule has 0 saturated carbocycles. The van der Waals surface area contributed by atoms with Gasteiger partial charge in [-0.2, -0.15) is 0 Å². The lowest BCUT2D eigenvalue weighted by atomic mass is 9.92. The van der Waals surface area contributed by atoms with Gasteiger partial charge in [0.05, 0.1) is 11.5 Å². The average molecular weight is 327 g/mol. The summed E-state index contributed by atoms with van der Waals surface area (Å²) in [5.74, 6) is 0.382. The lowest BCUT2D eigenvalue weighted by Crippen LogP contribution is -2.27. The molecule has 0 aliphatic carbocycles. The van der Waals surface area contributed by atoms with Crippen LogP contribution in [0.2, 0.25) is 0 Å². The van der Waals surface area contributed by atoms with Crippen molar-refractivity contribution in [2.24, 2.45) is 0 Å². The standard InChI is InChI=1S/C19H21NO2S/c21-23(22,14-15-6-2-1-3-7-15)13-12-20-18-10-11-19(20)17-9-5-4-8-16(17)18/h1-9,18-19H,10-14H2. The molecule has 2 aromatic carbocycles. The molecule has 3 nitrogen and oxygen atoms in total. The maximum atomic E-state index is 12.4. The maximum absolute atomic E-state index is 12.4. The lowest BCUT2D eigenvalue weighted by molar-refractivity contribution is 0.237. The fourth-order valence-electron chi connectivity index (χ4n) is 4.11. The Labute approximate surface area is 137 Å². The molecule has 23 heavy (non-hydrogen) atoms. The number of hydrogen-bond acceptors (Lipinski definition) is 3. The van der Waals surface area contributed by atoms with Crippen LogP contribution in [0.3, 0.4) is 0 Å². The second-order valence-corrected chi connectivity index (χ2v) is 8.74. The first-order chi connectivity index (χ1) is 11.1. The van der Waals surface area contributed by atoms with Crippen molar-refractivity contribution in [2.45, 2.75) is 30.7 Å². The largest absolute Gasteiger partial charge is 0.288 e. The van der Waals surface area contributed by atoms with Crippen molar-refractivity contribution in [3.8, 4) is 0 Å². The lowest BCUT2D eigenvalue weighted by Gasteiger charge is -2.21. The Kier molecular flexibility index (Phi) is 3.74. The summed E-state index contributed by atoms with van der Waals surface area (Å²) in [7, 11) is -3.07. The Balaban J connectivity index is 1.44. The van der Waals surface area contributed by atoms with Crippen molar-refractivity contribution in [2.75, 3.05) is 12.3 Å². The van der Waals surface area contributed by atoms with Gasteiger partial charge in [-0.1, -0.05) is 54.6 Å². The van der Waals surface area contributed by atoms with Crippen LogP contribution in [-0.2, 0) is 15.6 Å². The minimum atomic E-state index is -3.07. The Morgan fingerprint density at radius 2 is 1.43 bits per heavy atom. The average Bonchev–Trinajstić information content (AvgIpc) is 3.10. The van der Waals surface area contributed by atoms with E-state index in [1.165, 1.54) is 11.1 Å². The van der Waals surface area contributed by atoms with Crippen molar-refractivity contribution in [3.63, 3.8) is 0 Å². The van der Waals surface area contributed by atoms with E-state index in [0.29, 0.717) is 18.6 Å². The number of rotatable bonds is 5. The molecule has 2 aliphatic heterocycles. The molecule has 4 rings (SSSR count). The Morgan fingerprint density at radius 1 is 0.870 bits per heavy atom. The van der Waals surface area contributed by atoms with Gasteiger partial charge in [0, 0.05) is 18.6 Å². The topological polar surface area (TPSA) is 37.4 Å². The van der Waals surface area contributed by atoms with Crippen molar-refractivity contribution in [3.05, 3.63) is 71.3 Å². The van der Waals surface area contributed by atoms with Gasteiger partial charge in [-0.15, -0.1) is 0 Å². The van der Waals surface area contributed by atoms with E-state index in [9.17, 15) is 8.42 Å². The highest BCUT2D eigenvalue weighted by molar-refractivity contribution is 7.90. The second kappa shape index (κ2) is 5.77. The second-order valence-electron chi connectivity index (χ2n) is 6.55. The van der Waals surface area contributed by atoms with Gasteiger partial charge in [0.2, 0.25) is 0 Å². The van der Waals surface area contributed by atoms with Crippen LogP contribution < -0.4 is 0 Å². The zero-order valence-electron chi connectivity index (χ0n) is 13.1. The van der Waals surface area contributed by atoms with E-state index in [0.717, 1.165) is 18.4 Å². The van der Waals surface area contributed by atoms with Crippen LogP contribution in [-0.4, -0.2) is 25.6 Å². The zero-order valence-corrected chi connectivity index (χ0v) is 13.9. The summed E-state index contributed by atoms with van der Waals surface area (Å²) < 4.78 is 24.9. The third-order valence-electron chi connectivity index (χ3n) is 5.12. The van der Waals surface area contributed by atoms with Crippen molar-refractivity contribution in [1.29, 1.82) is 0 Å². The highest BCUT2D eigenvalue weighted by Crippen LogP contribution is 2.52. The number of benzene rings is 2. The zero-order chi connectivity index (χ0) is 15.9. The molecule has 0 amide bonds. The minimum Gasteiger partial charge on any atom is -0.288 e. The van der Waals surface area contributed by atoms with Crippen molar-refractivity contribution in [1.82, 2.24) is 4.90 Å². The Morgan fingerprint density at radius 3 is 2.04 bits per heavy atom. The van der Waals surface area contributed by atoms with Crippen molar-refractivity contribution < 1.29 is 8.42 Å². The highest BCUT2D eigenvalue weighted by Gasteiger charge is 2.43. The molecule has 0 radical (unpaired) electrons. The van der Waals surface area contributed by atoms with Gasteiger partial charge in [0.25, 0.3) is 0 Å². The van der Waals surface area contributed by atoms with Gasteiger partial charge < -0.3 is 0 Å². The van der Waals surface area contributed by atoms with Crippen LogP contribution in [0.4, 0.5) is 0 Å². The van der Waals surface area contributed by atoms with E-state index >= 15 is 0 Å². The predicted octanol–water partition coefficient (Wildman–Crippen LogP) is 3.49. The molecule has 2 aliphatic rings. The summed E-state index contributed by atoms with van der Waals surface area (Å²) in [5, 5.41) is 0. The molecule has 0 aromatic heterocycles. The number of nitrogens with zero attached hydrogens (tertiary/aromatic N) is 1. The normalized spacial score (nSPS) is 23.1. The van der Waals surface area contributed by atoms with Gasteiger partial charge in [-0.05, 0) is 29.5 Å². The van der Waals surface area contributed by atoms with Gasteiger partial charge in [0.1, 0.15) is 0 Å². The first-order valence-electron chi connectivity index (χ1n) is 8.23. The van der Waals surface area contributed by atoms with Crippen LogP contribution in [0.5, 0.6) is 0 Å². The van der Waals surface area contributed by atoms with Crippen LogP contribution in [0.15, 0.2) is 54.6 Å². The first kappa shape index (κ1) is 14.9. The van der Waals surface area contributed by atoms with E-state index in [2.05, 4.69) is 29.2 Å². The van der Waals surface area contributed by atoms with E-state index in [-0.39, 0.29) is 11.5 Å². The molecule has 0 spiro atoms. The van der Waals surface area contributed by atoms with E-state index < -0.39 is 9.84 Å². The Bertz CT molecular complexity index is 770. The summed E-state index contributed by atoms with van der Waals surface area (Å²) in [6, 6.07) is 18.9. The summed E-state index contributed by atoms with van der Waals surface area (Å²) >= 11 is 0. The summed E-state index contributed by atoms with van der Waals surface area (Å²) in [5.41, 5.74) is 3.69. The fraction of sp³-hybridized carbons (Fsp3) is 0.368. The van der Waals surface area contributed by atoms with E-state index in [1.54, 1.807) is 0 Å². The molecular weight excluding hydrogens is 306 g/mol. The predicted molar refractivity (Wildman–Crippen MR) is 91.8 cm³/mol. The SMILES string of the molecule is O=S(=O)(CCN1C2CCC1c1ccccc12)Cc1ccccc1. The highest BCUT2D eigenvalue weighted by atomic mass is 32.2. The molecule has 2 heterocycles. The van der Waals surface area contributed by atoms with Crippen molar-refractivity contribution >= 4 is 9.84 Å². The quantitative estimate of drug-likeness (QED) is 0.843. The van der Waals surface area contributed by atoms with Gasteiger partial charge >= 0.3 is 0 Å². The van der Waals surface area contributed by atoms with E-state index in [4.69, 9.17) is 0 Å². The molecule has 1 saturated heterocycles. The molecule has 2 unspecified atom stereocenters. The molecule has 2 atom stereocenters. The van der Waals surface area contributed by atoms with Gasteiger partial charge in [0.15, 0.2) is 9.84 Å². The first-order valence-corrected chi connectivity index (χ1v) is 10.1. The van der Waals surface area contributed by atoms with Crippen LogP contribution in [0, 0.1) is 0 Å². The third kappa shape index (κ3) is 2.81. The summed E-state index contributed by atoms with van der Waals surface area (Å²) in [6.07, 6.45) is 2.31. The summed E-state index contributed by atoms with van der Waals surface area (Å²) in [6.45, 7) is 0.638. The van der Waals surface area contributed by atoms with Gasteiger partial charge in [-0.25, -0.2) is 8.42 Å². The molecule has 0 N–H and O–H groups in total. The molecule has 4 heteroatoms. The third-order valence-corrected chi connectivity index (χ3v) is 6.70. The van der Waals surface area contributed by atoms with Crippen LogP contribution in [0.25, 0.3) is 0 Å². The molecular formula is C19H21NO2S. The number of fused-ring (bicyclic) bond motifs is 5. The van der Waals surface area contributed by atoms with Crippen LogP contribution >= 0.6 is 0 Å². The minimum absolute atomic E-state index is 0.143. The fourth-order valence-corrected chi connectivity index (χ4v) is 5.44. The Hall–Kier alpha value is -1.65. The summed E-state index contributed by atoms with van der Waals surface area (Å²) in [4.78, 5) is 2.40. The number of sulfone groups is 1. The maximum Gasteiger partial charge on any atom is 0.155 e. The smallest absolute Gasteiger partial charge is 0.155 e. The van der Waals surface area contributed by atoms with Crippen LogP contribution in [0.1, 0.15) is 41.6 Å². The van der Waals surface area contributed by atoms with Gasteiger partial charge in [-0.3, -0.25) is 4.90 Å². The molecule has 2 aromatic rings. The monoisotopic (exact) mass is 327 g/mol.